The van der Waals surface area contributed by atoms with Gasteiger partial charge in [0.15, 0.2) is 6.61 Å². The minimum Gasteiger partial charge on any atom is -0.481 e. The molecule has 0 radical (unpaired) electrons. The number of hydrogen-bond acceptors (Lipinski definition) is 3. The molecule has 0 bridgehead atoms. The highest BCUT2D eigenvalue weighted by atomic mass is 32.1. The summed E-state index contributed by atoms with van der Waals surface area (Å²) < 4.78 is 5.37. The molecular weight excluding hydrogens is 198 g/mol. The molecule has 2 rings (SSSR count). The number of fused-ring (bicyclic) bond motifs is 1. The Hall–Kier alpha value is -1.16. The second-order valence-electron chi connectivity index (χ2n) is 3.24. The summed E-state index contributed by atoms with van der Waals surface area (Å²) in [7, 11) is 0. The van der Waals surface area contributed by atoms with Crippen molar-refractivity contribution < 1.29 is 9.53 Å². The fourth-order valence-corrected chi connectivity index (χ4v) is 1.67. The van der Waals surface area contributed by atoms with E-state index >= 15 is 0 Å². The molecule has 74 valence electrons. The molecule has 0 aliphatic carbocycles. The lowest BCUT2D eigenvalue weighted by Crippen LogP contribution is -2.26. The van der Waals surface area contributed by atoms with Crippen LogP contribution in [0.25, 0.3) is 0 Å². The van der Waals surface area contributed by atoms with Crippen molar-refractivity contribution in [3.05, 3.63) is 23.8 Å². The van der Waals surface area contributed by atoms with Crippen molar-refractivity contribution in [3.63, 3.8) is 0 Å². The Morgan fingerprint density at radius 3 is 3.07 bits per heavy atom. The number of ether oxygens (including phenoxy) is 1. The van der Waals surface area contributed by atoms with Crippen molar-refractivity contribution >= 4 is 24.2 Å². The number of carbonyl (C=O) groups is 1. The van der Waals surface area contributed by atoms with Gasteiger partial charge in [0.05, 0.1) is 5.69 Å². The number of benzene rings is 1. The molecule has 1 N–H and O–H groups in total. The summed E-state index contributed by atoms with van der Waals surface area (Å²) in [4.78, 5) is 11.1. The molecule has 0 aromatic heterocycles. The molecule has 0 saturated heterocycles. The van der Waals surface area contributed by atoms with Gasteiger partial charge in [-0.1, -0.05) is 12.1 Å². The van der Waals surface area contributed by atoms with E-state index in [0.29, 0.717) is 0 Å². The first-order valence-electron chi connectivity index (χ1n) is 4.42. The molecule has 1 aliphatic rings. The van der Waals surface area contributed by atoms with E-state index in [-0.39, 0.29) is 17.8 Å². The van der Waals surface area contributed by atoms with Crippen LogP contribution < -0.4 is 10.1 Å². The van der Waals surface area contributed by atoms with Crippen LogP contribution in [-0.2, 0) is 4.79 Å². The van der Waals surface area contributed by atoms with Gasteiger partial charge in [0.1, 0.15) is 5.75 Å². The van der Waals surface area contributed by atoms with Gasteiger partial charge in [-0.05, 0) is 13.0 Å². The summed E-state index contributed by atoms with van der Waals surface area (Å²) in [6, 6.07) is 5.66. The van der Waals surface area contributed by atoms with Crippen LogP contribution in [0.2, 0.25) is 0 Å². The molecule has 1 unspecified atom stereocenters. The molecule has 14 heavy (non-hydrogen) atoms. The zero-order valence-corrected chi connectivity index (χ0v) is 8.67. The smallest absolute Gasteiger partial charge is 0.262 e. The zero-order valence-electron chi connectivity index (χ0n) is 7.78. The lowest BCUT2D eigenvalue weighted by atomic mass is 10.1. The summed E-state index contributed by atoms with van der Waals surface area (Å²) >= 11 is 4.35. The lowest BCUT2D eigenvalue weighted by Gasteiger charge is -2.21. The van der Waals surface area contributed by atoms with E-state index in [9.17, 15) is 4.79 Å². The number of nitrogens with one attached hydrogen (secondary N) is 1. The summed E-state index contributed by atoms with van der Waals surface area (Å²) in [5.74, 6) is 0.635. The van der Waals surface area contributed by atoms with Crippen molar-refractivity contribution in [2.45, 2.75) is 12.2 Å². The third-order valence-electron chi connectivity index (χ3n) is 2.12. The number of carbonyl (C=O) groups excluding carboxylic acids is 1. The van der Waals surface area contributed by atoms with Gasteiger partial charge in [-0.25, -0.2) is 0 Å². The molecule has 1 heterocycles. The molecule has 1 aromatic carbocycles. The third kappa shape index (κ3) is 1.57. The lowest BCUT2D eigenvalue weighted by molar-refractivity contribution is -0.118. The van der Waals surface area contributed by atoms with Crippen LogP contribution in [0.1, 0.15) is 17.7 Å². The Balaban J connectivity index is 2.46. The molecule has 1 atom stereocenters. The van der Waals surface area contributed by atoms with Gasteiger partial charge in [-0.3, -0.25) is 4.79 Å². The van der Waals surface area contributed by atoms with Gasteiger partial charge < -0.3 is 10.1 Å². The van der Waals surface area contributed by atoms with Crippen LogP contribution in [0.5, 0.6) is 5.75 Å². The van der Waals surface area contributed by atoms with E-state index in [0.717, 1.165) is 17.0 Å². The van der Waals surface area contributed by atoms with Crippen LogP contribution in [0.4, 0.5) is 5.69 Å². The van der Waals surface area contributed by atoms with Crippen molar-refractivity contribution in [1.29, 1.82) is 0 Å². The predicted octanol–water partition coefficient (Wildman–Crippen LogP) is 2.01. The molecular formula is C10H11NO2S. The molecule has 3 nitrogen and oxygen atoms in total. The van der Waals surface area contributed by atoms with E-state index in [1.807, 2.05) is 25.1 Å². The van der Waals surface area contributed by atoms with Gasteiger partial charge in [-0.2, -0.15) is 12.6 Å². The topological polar surface area (TPSA) is 38.3 Å². The van der Waals surface area contributed by atoms with E-state index in [2.05, 4.69) is 17.9 Å². The zero-order chi connectivity index (χ0) is 10.1. The van der Waals surface area contributed by atoms with E-state index in [1.165, 1.54) is 0 Å². The monoisotopic (exact) mass is 209 g/mol. The summed E-state index contributed by atoms with van der Waals surface area (Å²) in [5.41, 5.74) is 1.74. The number of para-hydroxylation sites is 1. The third-order valence-corrected chi connectivity index (χ3v) is 2.40. The molecule has 0 spiro atoms. The first-order chi connectivity index (χ1) is 6.68. The van der Waals surface area contributed by atoms with Crippen molar-refractivity contribution in [2.24, 2.45) is 0 Å². The van der Waals surface area contributed by atoms with E-state index in [1.54, 1.807) is 0 Å². The second kappa shape index (κ2) is 3.53. The quantitative estimate of drug-likeness (QED) is 0.694. The minimum absolute atomic E-state index is 0.0878. The normalized spacial score (nSPS) is 16.6. The fourth-order valence-electron chi connectivity index (χ4n) is 1.47. The van der Waals surface area contributed by atoms with Crippen molar-refractivity contribution in [1.82, 2.24) is 0 Å². The molecule has 0 fully saturated rings. The van der Waals surface area contributed by atoms with Gasteiger partial charge in [0, 0.05) is 10.8 Å². The minimum atomic E-state index is -0.110. The maximum atomic E-state index is 11.1. The molecule has 0 saturated carbocycles. The SMILES string of the molecule is CC(S)c1cccc2c1OCC(=O)N2. The van der Waals surface area contributed by atoms with Crippen LogP contribution in [-0.4, -0.2) is 12.5 Å². The highest BCUT2D eigenvalue weighted by molar-refractivity contribution is 7.80. The van der Waals surface area contributed by atoms with Gasteiger partial charge in [-0.15, -0.1) is 0 Å². The Morgan fingerprint density at radius 2 is 2.36 bits per heavy atom. The Bertz CT molecular complexity index is 376. The summed E-state index contributed by atoms with van der Waals surface area (Å²) in [5, 5.41) is 2.85. The van der Waals surface area contributed by atoms with Crippen molar-refractivity contribution in [3.8, 4) is 5.75 Å². The molecule has 4 heteroatoms. The fraction of sp³-hybridized carbons (Fsp3) is 0.300. The maximum Gasteiger partial charge on any atom is 0.262 e. The average molecular weight is 209 g/mol. The number of thiol groups is 1. The summed E-state index contributed by atoms with van der Waals surface area (Å²) in [6.45, 7) is 2.06. The Labute approximate surface area is 87.9 Å². The summed E-state index contributed by atoms with van der Waals surface area (Å²) in [6.07, 6.45) is 0. The molecule has 1 amide bonds. The van der Waals surface area contributed by atoms with Gasteiger partial charge in [0.25, 0.3) is 5.91 Å². The van der Waals surface area contributed by atoms with Gasteiger partial charge in [0.2, 0.25) is 0 Å². The Morgan fingerprint density at radius 1 is 1.57 bits per heavy atom. The number of amides is 1. The molecule has 1 aliphatic heterocycles. The van der Waals surface area contributed by atoms with Crippen LogP contribution >= 0.6 is 12.6 Å². The number of rotatable bonds is 1. The first-order valence-corrected chi connectivity index (χ1v) is 4.94. The van der Waals surface area contributed by atoms with Gasteiger partial charge >= 0.3 is 0 Å². The highest BCUT2D eigenvalue weighted by Gasteiger charge is 2.19. The van der Waals surface area contributed by atoms with E-state index < -0.39 is 0 Å². The number of anilines is 1. The Kier molecular flexibility index (Phi) is 2.37. The largest absolute Gasteiger partial charge is 0.481 e. The predicted molar refractivity (Wildman–Crippen MR) is 58.0 cm³/mol. The van der Waals surface area contributed by atoms with Crippen LogP contribution in [0.3, 0.4) is 0 Å². The van der Waals surface area contributed by atoms with Crippen LogP contribution in [0, 0.1) is 0 Å². The molecule has 1 aromatic rings. The van der Waals surface area contributed by atoms with E-state index in [4.69, 9.17) is 4.74 Å². The second-order valence-corrected chi connectivity index (χ2v) is 4.01. The number of hydrogen-bond donors (Lipinski definition) is 2. The highest BCUT2D eigenvalue weighted by Crippen LogP contribution is 2.36. The van der Waals surface area contributed by atoms with Crippen LogP contribution in [0.15, 0.2) is 18.2 Å². The first kappa shape index (κ1) is 9.40. The maximum absolute atomic E-state index is 11.1. The average Bonchev–Trinajstić information content (AvgIpc) is 2.16. The standard InChI is InChI=1S/C10H11NO2S/c1-6(14)7-3-2-4-8-10(7)13-5-9(12)11-8/h2-4,6,14H,5H2,1H3,(H,11,12). The van der Waals surface area contributed by atoms with Crippen molar-refractivity contribution in [2.75, 3.05) is 11.9 Å².